The van der Waals surface area contributed by atoms with Crippen LogP contribution >= 0.6 is 0 Å². The maximum atomic E-state index is 12.3. The number of sulfonamides is 1. The maximum Gasteiger partial charge on any atom is 0.240 e. The van der Waals surface area contributed by atoms with E-state index < -0.39 is 10.0 Å². The van der Waals surface area contributed by atoms with Crippen LogP contribution in [0.5, 0.6) is 5.75 Å². The minimum Gasteiger partial charge on any atom is -0.497 e. The summed E-state index contributed by atoms with van der Waals surface area (Å²) in [5.74, 6) is 1.43. The van der Waals surface area contributed by atoms with Crippen LogP contribution in [0.25, 0.3) is 0 Å². The van der Waals surface area contributed by atoms with Crippen LogP contribution < -0.4 is 9.46 Å². The number of nitrogens with one attached hydrogen (secondary N) is 1. The van der Waals surface area contributed by atoms with Crippen molar-refractivity contribution in [3.8, 4) is 5.75 Å². The van der Waals surface area contributed by atoms with Crippen molar-refractivity contribution in [3.05, 3.63) is 24.3 Å². The van der Waals surface area contributed by atoms with E-state index in [4.69, 9.17) is 4.74 Å². The Labute approximate surface area is 133 Å². The van der Waals surface area contributed by atoms with Gasteiger partial charge in [-0.25, -0.2) is 13.1 Å². The molecule has 5 nitrogen and oxygen atoms in total. The van der Waals surface area contributed by atoms with Gasteiger partial charge in [-0.05, 0) is 63.0 Å². The Morgan fingerprint density at radius 1 is 1.27 bits per heavy atom. The molecule has 1 heterocycles. The minimum absolute atomic E-state index is 0.209. The molecule has 0 saturated carbocycles. The Morgan fingerprint density at radius 2 is 1.86 bits per heavy atom. The topological polar surface area (TPSA) is 58.6 Å². The zero-order valence-electron chi connectivity index (χ0n) is 13.6. The van der Waals surface area contributed by atoms with Gasteiger partial charge in [-0.3, -0.25) is 4.90 Å². The first-order valence-corrected chi connectivity index (χ1v) is 9.28. The zero-order valence-corrected chi connectivity index (χ0v) is 14.4. The molecule has 1 aromatic rings. The number of ether oxygens (including phenoxy) is 1. The number of rotatable bonds is 6. The molecule has 124 valence electrons. The van der Waals surface area contributed by atoms with Crippen molar-refractivity contribution in [2.24, 2.45) is 5.92 Å². The molecule has 1 atom stereocenters. The average Bonchev–Trinajstić information content (AvgIpc) is 2.53. The van der Waals surface area contributed by atoms with Crippen molar-refractivity contribution < 1.29 is 13.2 Å². The summed E-state index contributed by atoms with van der Waals surface area (Å²) in [4.78, 5) is 2.63. The van der Waals surface area contributed by atoms with Crippen molar-refractivity contribution in [1.82, 2.24) is 9.62 Å². The maximum absolute atomic E-state index is 12.3. The van der Waals surface area contributed by atoms with Gasteiger partial charge in [0.1, 0.15) is 5.75 Å². The van der Waals surface area contributed by atoms with E-state index in [1.54, 1.807) is 31.4 Å². The van der Waals surface area contributed by atoms with E-state index in [1.165, 1.54) is 12.8 Å². The highest BCUT2D eigenvalue weighted by Crippen LogP contribution is 2.18. The molecular weight excluding hydrogens is 300 g/mol. The molecule has 1 aromatic carbocycles. The van der Waals surface area contributed by atoms with E-state index in [-0.39, 0.29) is 10.9 Å². The van der Waals surface area contributed by atoms with Crippen molar-refractivity contribution >= 4 is 10.0 Å². The molecule has 1 N–H and O–H groups in total. The third kappa shape index (κ3) is 4.44. The Bertz CT molecular complexity index is 564. The van der Waals surface area contributed by atoms with Gasteiger partial charge in [0, 0.05) is 12.6 Å². The van der Waals surface area contributed by atoms with Gasteiger partial charge >= 0.3 is 0 Å². The molecule has 0 bridgehead atoms. The molecule has 1 aliphatic heterocycles. The molecule has 6 heteroatoms. The largest absolute Gasteiger partial charge is 0.497 e. The molecule has 22 heavy (non-hydrogen) atoms. The highest BCUT2D eigenvalue weighted by atomic mass is 32.2. The summed E-state index contributed by atoms with van der Waals surface area (Å²) < 4.78 is 32.4. The molecule has 0 radical (unpaired) electrons. The molecule has 0 amide bonds. The fraction of sp³-hybridized carbons (Fsp3) is 0.625. The van der Waals surface area contributed by atoms with Crippen molar-refractivity contribution in [2.75, 3.05) is 26.7 Å². The van der Waals surface area contributed by atoms with E-state index in [9.17, 15) is 8.42 Å². The minimum atomic E-state index is -3.46. The lowest BCUT2D eigenvalue weighted by Crippen LogP contribution is -2.45. The summed E-state index contributed by atoms with van der Waals surface area (Å²) >= 11 is 0. The first-order valence-electron chi connectivity index (χ1n) is 7.80. The summed E-state index contributed by atoms with van der Waals surface area (Å²) in [5.41, 5.74) is 0. The average molecular weight is 326 g/mol. The van der Waals surface area contributed by atoms with Gasteiger partial charge in [0.05, 0.1) is 12.0 Å². The van der Waals surface area contributed by atoms with Crippen molar-refractivity contribution in [2.45, 2.75) is 37.6 Å². The smallest absolute Gasteiger partial charge is 0.240 e. The summed E-state index contributed by atoms with van der Waals surface area (Å²) in [6, 6.07) is 6.65. The third-order valence-corrected chi connectivity index (χ3v) is 5.82. The monoisotopic (exact) mass is 326 g/mol. The molecule has 1 saturated heterocycles. The summed E-state index contributed by atoms with van der Waals surface area (Å²) in [7, 11) is -1.90. The number of piperidine rings is 1. The van der Waals surface area contributed by atoms with Crippen LogP contribution in [0.1, 0.15) is 26.7 Å². The van der Waals surface area contributed by atoms with Crippen molar-refractivity contribution in [3.63, 3.8) is 0 Å². The van der Waals surface area contributed by atoms with Crippen LogP contribution in [-0.2, 0) is 10.0 Å². The first-order chi connectivity index (χ1) is 10.4. The Morgan fingerprint density at radius 3 is 2.41 bits per heavy atom. The molecule has 1 aliphatic rings. The number of benzene rings is 1. The number of methoxy groups -OCH3 is 1. The predicted octanol–water partition coefficient (Wildman–Crippen LogP) is 2.09. The second kappa shape index (κ2) is 7.44. The van der Waals surface area contributed by atoms with E-state index in [1.807, 2.05) is 0 Å². The van der Waals surface area contributed by atoms with E-state index in [2.05, 4.69) is 23.5 Å². The molecule has 1 fully saturated rings. The number of hydrogen-bond donors (Lipinski definition) is 1. The van der Waals surface area contributed by atoms with E-state index >= 15 is 0 Å². The van der Waals surface area contributed by atoms with Crippen LogP contribution in [-0.4, -0.2) is 46.1 Å². The number of nitrogens with zero attached hydrogens (tertiary/aromatic N) is 1. The van der Waals surface area contributed by atoms with Crippen molar-refractivity contribution in [1.29, 1.82) is 0 Å². The van der Waals surface area contributed by atoms with Gasteiger partial charge in [0.15, 0.2) is 0 Å². The van der Waals surface area contributed by atoms with Crippen LogP contribution in [0.4, 0.5) is 0 Å². The molecule has 0 aromatic heterocycles. The zero-order chi connectivity index (χ0) is 16.2. The van der Waals surface area contributed by atoms with Gasteiger partial charge in [-0.15, -0.1) is 0 Å². The Hall–Kier alpha value is -1.11. The highest BCUT2D eigenvalue weighted by molar-refractivity contribution is 7.89. The quantitative estimate of drug-likeness (QED) is 0.870. The van der Waals surface area contributed by atoms with Gasteiger partial charge in [0.25, 0.3) is 0 Å². The Kier molecular flexibility index (Phi) is 5.83. The predicted molar refractivity (Wildman–Crippen MR) is 87.6 cm³/mol. The lowest BCUT2D eigenvalue weighted by molar-refractivity contribution is 0.148. The fourth-order valence-corrected chi connectivity index (χ4v) is 3.79. The standard InChI is InChI=1S/C16H26N2O3S/c1-13-8-10-18(11-9-13)14(2)12-17-22(19,20)16-6-4-15(21-3)5-7-16/h4-7,13-14,17H,8-12H2,1-3H3. The van der Waals surface area contributed by atoms with Crippen LogP contribution in [0.15, 0.2) is 29.2 Å². The summed E-state index contributed by atoms with van der Waals surface area (Å²) in [6.45, 7) is 6.88. The lowest BCUT2D eigenvalue weighted by atomic mass is 9.98. The summed E-state index contributed by atoms with van der Waals surface area (Å²) in [6.07, 6.45) is 2.38. The van der Waals surface area contributed by atoms with Gasteiger partial charge in [-0.1, -0.05) is 6.92 Å². The molecular formula is C16H26N2O3S. The van der Waals surface area contributed by atoms with Crippen LogP contribution in [0, 0.1) is 5.92 Å². The Balaban J connectivity index is 1.91. The SMILES string of the molecule is COc1ccc(S(=O)(=O)NCC(C)N2CCC(C)CC2)cc1. The molecule has 0 spiro atoms. The van der Waals surface area contributed by atoms with E-state index in [0.717, 1.165) is 19.0 Å². The van der Waals surface area contributed by atoms with Crippen LogP contribution in [0.3, 0.4) is 0 Å². The first kappa shape index (κ1) is 17.2. The highest BCUT2D eigenvalue weighted by Gasteiger charge is 2.22. The van der Waals surface area contributed by atoms with Gasteiger partial charge in [0.2, 0.25) is 10.0 Å². The second-order valence-corrected chi connectivity index (χ2v) is 7.86. The summed E-state index contributed by atoms with van der Waals surface area (Å²) in [5, 5.41) is 0. The van der Waals surface area contributed by atoms with Gasteiger partial charge in [-0.2, -0.15) is 0 Å². The molecule has 2 rings (SSSR count). The van der Waals surface area contributed by atoms with Gasteiger partial charge < -0.3 is 4.74 Å². The van der Waals surface area contributed by atoms with E-state index in [0.29, 0.717) is 12.3 Å². The molecule has 0 aliphatic carbocycles. The normalized spacial score (nSPS) is 19.0. The molecule has 1 unspecified atom stereocenters. The number of hydrogen-bond acceptors (Lipinski definition) is 4. The third-order valence-electron chi connectivity index (χ3n) is 4.38. The number of likely N-dealkylation sites (tertiary alicyclic amines) is 1. The van der Waals surface area contributed by atoms with Crippen LogP contribution in [0.2, 0.25) is 0 Å². The lowest BCUT2D eigenvalue weighted by Gasteiger charge is -2.34. The fourth-order valence-electron chi connectivity index (χ4n) is 2.67. The second-order valence-electron chi connectivity index (χ2n) is 6.09.